The molecular formula is C21H30O6S. The Hall–Kier alpha value is -1.57. The average Bonchev–Trinajstić information content (AvgIpc) is 2.68. The number of esters is 2. The summed E-state index contributed by atoms with van der Waals surface area (Å²) >= 11 is 1.29. The Morgan fingerprint density at radius 2 is 1.96 bits per heavy atom. The molecule has 2 rings (SSSR count). The Morgan fingerprint density at radius 3 is 2.50 bits per heavy atom. The number of carbonyl (C=O) groups excluding carboxylic acids is 2. The van der Waals surface area contributed by atoms with Crippen LogP contribution in [0.2, 0.25) is 0 Å². The molecule has 1 heterocycles. The summed E-state index contributed by atoms with van der Waals surface area (Å²) < 4.78 is 16.9. The summed E-state index contributed by atoms with van der Waals surface area (Å²) in [6.45, 7) is 7.14. The first-order valence-corrected chi connectivity index (χ1v) is 10.4. The van der Waals surface area contributed by atoms with E-state index in [0.29, 0.717) is 12.8 Å². The van der Waals surface area contributed by atoms with E-state index in [-0.39, 0.29) is 11.8 Å². The number of ether oxygens (including phenoxy) is 3. The van der Waals surface area contributed by atoms with Gasteiger partial charge in [-0.3, -0.25) is 4.79 Å². The largest absolute Gasteiger partial charge is 0.466 e. The van der Waals surface area contributed by atoms with E-state index < -0.39 is 35.2 Å². The Bertz CT molecular complexity index is 666. The first kappa shape index (κ1) is 22.7. The zero-order chi connectivity index (χ0) is 20.9. The Kier molecular flexibility index (Phi) is 7.92. The van der Waals surface area contributed by atoms with E-state index >= 15 is 0 Å². The Balaban J connectivity index is 2.43. The highest BCUT2D eigenvalue weighted by atomic mass is 32.2. The molecule has 6 atom stereocenters. The third-order valence-electron chi connectivity index (χ3n) is 5.28. The zero-order valence-corrected chi connectivity index (χ0v) is 17.9. The minimum atomic E-state index is -1.28. The van der Waals surface area contributed by atoms with Crippen molar-refractivity contribution in [2.24, 2.45) is 11.8 Å². The molecule has 0 amide bonds. The highest BCUT2D eigenvalue weighted by Crippen LogP contribution is 2.48. The zero-order valence-electron chi connectivity index (χ0n) is 17.1. The number of aliphatic hydroxyl groups excluding tert-OH is 1. The third-order valence-corrected chi connectivity index (χ3v) is 6.55. The van der Waals surface area contributed by atoms with Crippen LogP contribution in [0.15, 0.2) is 35.2 Å². The van der Waals surface area contributed by atoms with Crippen LogP contribution in [0, 0.1) is 11.8 Å². The molecule has 6 nitrogen and oxygen atoms in total. The van der Waals surface area contributed by atoms with Gasteiger partial charge in [-0.15, -0.1) is 0 Å². The molecule has 0 bridgehead atoms. The van der Waals surface area contributed by atoms with E-state index in [2.05, 4.69) is 0 Å². The quantitative estimate of drug-likeness (QED) is 0.690. The summed E-state index contributed by atoms with van der Waals surface area (Å²) in [7, 11) is 1.33. The van der Waals surface area contributed by atoms with Crippen LogP contribution in [0.25, 0.3) is 0 Å². The van der Waals surface area contributed by atoms with E-state index in [4.69, 9.17) is 14.2 Å². The van der Waals surface area contributed by atoms with Crippen LogP contribution in [0.5, 0.6) is 0 Å². The van der Waals surface area contributed by atoms with Crippen molar-refractivity contribution in [1.29, 1.82) is 0 Å². The maximum Gasteiger partial charge on any atom is 0.349 e. The molecule has 1 unspecified atom stereocenters. The second kappa shape index (κ2) is 9.76. The fourth-order valence-electron chi connectivity index (χ4n) is 3.54. The first-order valence-electron chi connectivity index (χ1n) is 9.59. The smallest absolute Gasteiger partial charge is 0.349 e. The lowest BCUT2D eigenvalue weighted by Crippen LogP contribution is -2.57. The van der Waals surface area contributed by atoms with Gasteiger partial charge in [0.1, 0.15) is 6.10 Å². The van der Waals surface area contributed by atoms with Crippen molar-refractivity contribution in [2.75, 3.05) is 7.11 Å². The van der Waals surface area contributed by atoms with Gasteiger partial charge in [0, 0.05) is 18.2 Å². The summed E-state index contributed by atoms with van der Waals surface area (Å²) in [6, 6.07) is 9.49. The minimum Gasteiger partial charge on any atom is -0.466 e. The van der Waals surface area contributed by atoms with Crippen LogP contribution in [0.1, 0.15) is 40.5 Å². The highest BCUT2D eigenvalue weighted by molar-refractivity contribution is 8.01. The molecule has 1 aromatic rings. The lowest BCUT2D eigenvalue weighted by atomic mass is 9.80. The van der Waals surface area contributed by atoms with Gasteiger partial charge in [-0.1, -0.05) is 50.7 Å². The molecule has 1 aromatic carbocycles. The molecule has 0 spiro atoms. The highest BCUT2D eigenvalue weighted by Gasteiger charge is 2.54. The molecule has 0 saturated carbocycles. The molecule has 1 fully saturated rings. The van der Waals surface area contributed by atoms with E-state index in [1.807, 2.05) is 51.1 Å². The first-order chi connectivity index (χ1) is 13.2. The Morgan fingerprint density at radius 1 is 1.32 bits per heavy atom. The van der Waals surface area contributed by atoms with E-state index in [1.54, 1.807) is 0 Å². The summed E-state index contributed by atoms with van der Waals surface area (Å²) in [6.07, 6.45) is -1.54. The minimum absolute atomic E-state index is 0.0281. The van der Waals surface area contributed by atoms with Gasteiger partial charge in [0.2, 0.25) is 4.93 Å². The predicted octanol–water partition coefficient (Wildman–Crippen LogP) is 3.41. The number of methoxy groups -OCH3 is 1. The van der Waals surface area contributed by atoms with Crippen LogP contribution >= 0.6 is 11.8 Å². The SMILES string of the molecule is CC[C@@H](O)[C@@H](OC(C)=O)C1O[C@@](Sc2ccccc2)(C(=O)OC)C[C@@H](C)[C@H]1C. The Labute approximate surface area is 170 Å². The van der Waals surface area contributed by atoms with Crippen molar-refractivity contribution in [3.8, 4) is 0 Å². The number of hydrogen-bond acceptors (Lipinski definition) is 7. The van der Waals surface area contributed by atoms with Gasteiger partial charge in [-0.2, -0.15) is 0 Å². The van der Waals surface area contributed by atoms with Crippen LogP contribution in [0.4, 0.5) is 0 Å². The topological polar surface area (TPSA) is 82.1 Å². The molecule has 1 aliphatic heterocycles. The molecular weight excluding hydrogens is 380 g/mol. The van der Waals surface area contributed by atoms with Gasteiger partial charge in [-0.25, -0.2) is 4.79 Å². The monoisotopic (exact) mass is 410 g/mol. The molecule has 0 aromatic heterocycles. The van der Waals surface area contributed by atoms with Crippen LogP contribution in [-0.4, -0.2) is 47.4 Å². The van der Waals surface area contributed by atoms with Gasteiger partial charge in [0.25, 0.3) is 0 Å². The molecule has 28 heavy (non-hydrogen) atoms. The van der Waals surface area contributed by atoms with E-state index in [0.717, 1.165) is 4.90 Å². The van der Waals surface area contributed by atoms with Crippen molar-refractivity contribution < 1.29 is 28.9 Å². The summed E-state index contributed by atoms with van der Waals surface area (Å²) in [5.41, 5.74) is 0. The maximum atomic E-state index is 12.8. The summed E-state index contributed by atoms with van der Waals surface area (Å²) in [5, 5.41) is 10.5. The molecule has 1 aliphatic rings. The maximum absolute atomic E-state index is 12.8. The molecule has 0 aliphatic carbocycles. The standard InChI is InChI=1S/C21H30O6S/c1-6-17(23)19(26-15(4)22)18-14(3)13(2)12-21(27-18,20(24)25-5)28-16-10-8-7-9-11-16/h7-11,13-14,17-19,23H,6,12H2,1-5H3/t13-,14-,17-,18?,19-,21+/m1/s1. The van der Waals surface area contributed by atoms with Gasteiger partial charge >= 0.3 is 11.9 Å². The van der Waals surface area contributed by atoms with E-state index in [1.165, 1.54) is 25.8 Å². The number of carbonyl (C=O) groups is 2. The molecule has 7 heteroatoms. The van der Waals surface area contributed by atoms with Gasteiger partial charge in [-0.05, 0) is 30.4 Å². The second-order valence-corrected chi connectivity index (χ2v) is 8.67. The van der Waals surface area contributed by atoms with Crippen molar-refractivity contribution >= 4 is 23.7 Å². The molecule has 1 N–H and O–H groups in total. The van der Waals surface area contributed by atoms with Gasteiger partial charge in [0.15, 0.2) is 6.10 Å². The van der Waals surface area contributed by atoms with Crippen molar-refractivity contribution in [3.05, 3.63) is 30.3 Å². The number of hydrogen-bond donors (Lipinski definition) is 1. The third kappa shape index (κ3) is 5.07. The number of aliphatic hydroxyl groups is 1. The second-order valence-electron chi connectivity index (χ2n) is 7.33. The molecule has 156 valence electrons. The summed E-state index contributed by atoms with van der Waals surface area (Å²) in [4.78, 5) is 24.1. The lowest BCUT2D eigenvalue weighted by Gasteiger charge is -2.47. The van der Waals surface area contributed by atoms with Crippen LogP contribution in [-0.2, 0) is 23.8 Å². The fraction of sp³-hybridized carbons (Fsp3) is 0.619. The van der Waals surface area contributed by atoms with Gasteiger partial charge in [0.05, 0.1) is 13.2 Å². The van der Waals surface area contributed by atoms with Crippen LogP contribution < -0.4 is 0 Å². The summed E-state index contributed by atoms with van der Waals surface area (Å²) in [5.74, 6) is -0.931. The molecule has 1 saturated heterocycles. The average molecular weight is 411 g/mol. The van der Waals surface area contributed by atoms with Crippen molar-refractivity contribution in [3.63, 3.8) is 0 Å². The van der Waals surface area contributed by atoms with Crippen molar-refractivity contribution in [1.82, 2.24) is 0 Å². The lowest BCUT2D eigenvalue weighted by molar-refractivity contribution is -0.211. The number of rotatable bonds is 7. The van der Waals surface area contributed by atoms with Crippen LogP contribution in [0.3, 0.4) is 0 Å². The van der Waals surface area contributed by atoms with E-state index in [9.17, 15) is 14.7 Å². The number of benzene rings is 1. The number of thioether (sulfide) groups is 1. The van der Waals surface area contributed by atoms with Crippen molar-refractivity contribution in [2.45, 2.75) is 68.7 Å². The molecule has 0 radical (unpaired) electrons. The predicted molar refractivity (Wildman–Crippen MR) is 107 cm³/mol. The normalized spacial score (nSPS) is 29.6. The fourth-order valence-corrected chi connectivity index (χ4v) is 4.88. The van der Waals surface area contributed by atoms with Gasteiger partial charge < -0.3 is 19.3 Å².